The quantitative estimate of drug-likeness (QED) is 0.369. The molecule has 1 heterocycles. The molecule has 0 saturated carbocycles. The predicted octanol–water partition coefficient (Wildman–Crippen LogP) is 4.34. The fourth-order valence-electron chi connectivity index (χ4n) is 2.11. The number of amides is 1. The highest BCUT2D eigenvalue weighted by atomic mass is 35.5. The van der Waals surface area contributed by atoms with Gasteiger partial charge in [-0.2, -0.15) is 0 Å². The molecule has 0 aliphatic carbocycles. The van der Waals surface area contributed by atoms with Gasteiger partial charge in [-0.15, -0.1) is 10.2 Å². The lowest BCUT2D eigenvalue weighted by Gasteiger charge is -2.06. The second-order valence-corrected chi connectivity index (χ2v) is 6.83. The lowest BCUT2D eigenvalue weighted by molar-refractivity contribution is -0.384. The first kappa shape index (κ1) is 18.9. The van der Waals surface area contributed by atoms with E-state index in [2.05, 4.69) is 15.5 Å². The molecule has 0 unspecified atom stereocenters. The van der Waals surface area contributed by atoms with Crippen molar-refractivity contribution in [1.29, 1.82) is 0 Å². The number of hydrogen-bond acceptors (Lipinski definition) is 7. The lowest BCUT2D eigenvalue weighted by Crippen LogP contribution is -2.14. The number of thioether (sulfide) groups is 1. The Hall–Kier alpha value is -2.91. The number of hydrogen-bond donors (Lipinski definition) is 1. The summed E-state index contributed by atoms with van der Waals surface area (Å²) in [5.41, 5.74) is 2.05. The third-order valence-electron chi connectivity index (χ3n) is 3.47. The number of non-ortho nitro benzene ring substituents is 1. The minimum Gasteiger partial charge on any atom is -0.411 e. The van der Waals surface area contributed by atoms with Crippen molar-refractivity contribution in [2.24, 2.45) is 0 Å². The average Bonchev–Trinajstić information content (AvgIpc) is 3.11. The van der Waals surface area contributed by atoms with E-state index in [0.717, 1.165) is 22.9 Å². The highest BCUT2D eigenvalue weighted by molar-refractivity contribution is 7.99. The van der Waals surface area contributed by atoms with Gasteiger partial charge in [0, 0.05) is 17.7 Å². The summed E-state index contributed by atoms with van der Waals surface area (Å²) in [6.45, 7) is 1.98. The molecular formula is C17H13ClN4O4S. The highest BCUT2D eigenvalue weighted by Crippen LogP contribution is 2.27. The molecule has 0 aliphatic rings. The second kappa shape index (κ2) is 8.19. The van der Waals surface area contributed by atoms with E-state index >= 15 is 0 Å². The first-order chi connectivity index (χ1) is 12.9. The Morgan fingerprint density at radius 1 is 1.26 bits per heavy atom. The van der Waals surface area contributed by atoms with Crippen LogP contribution in [0.1, 0.15) is 5.56 Å². The van der Waals surface area contributed by atoms with E-state index in [-0.39, 0.29) is 27.6 Å². The minimum atomic E-state index is -0.561. The van der Waals surface area contributed by atoms with Gasteiger partial charge in [0.2, 0.25) is 11.8 Å². The van der Waals surface area contributed by atoms with Crippen molar-refractivity contribution in [3.63, 3.8) is 0 Å². The third kappa shape index (κ3) is 4.83. The van der Waals surface area contributed by atoms with Gasteiger partial charge in [-0.05, 0) is 25.1 Å². The largest absolute Gasteiger partial charge is 0.411 e. The zero-order chi connectivity index (χ0) is 19.4. The highest BCUT2D eigenvalue weighted by Gasteiger charge is 2.14. The molecule has 0 atom stereocenters. The van der Waals surface area contributed by atoms with Crippen LogP contribution in [0.25, 0.3) is 11.5 Å². The van der Waals surface area contributed by atoms with Crippen molar-refractivity contribution < 1.29 is 14.1 Å². The van der Waals surface area contributed by atoms with Gasteiger partial charge in [-0.1, -0.05) is 41.1 Å². The number of nitro groups is 1. The van der Waals surface area contributed by atoms with E-state index in [0.29, 0.717) is 11.6 Å². The molecule has 1 aromatic heterocycles. The molecule has 0 bridgehead atoms. The predicted molar refractivity (Wildman–Crippen MR) is 102 cm³/mol. The smallest absolute Gasteiger partial charge is 0.277 e. The average molecular weight is 405 g/mol. The number of carbonyl (C=O) groups is 1. The fourth-order valence-corrected chi connectivity index (χ4v) is 2.90. The Bertz CT molecular complexity index is 991. The maximum atomic E-state index is 12.1. The summed E-state index contributed by atoms with van der Waals surface area (Å²) in [7, 11) is 0. The van der Waals surface area contributed by atoms with Crippen molar-refractivity contribution in [2.45, 2.75) is 12.1 Å². The number of anilines is 1. The number of nitrogens with zero attached hydrogens (tertiary/aromatic N) is 3. The van der Waals surface area contributed by atoms with Gasteiger partial charge in [0.05, 0.1) is 21.4 Å². The first-order valence-electron chi connectivity index (χ1n) is 7.69. The van der Waals surface area contributed by atoms with Crippen LogP contribution in [0.2, 0.25) is 5.02 Å². The molecule has 0 fully saturated rings. The standard InChI is InChI=1S/C17H13ClN4O4S/c1-10-2-4-11(5-3-10)16-20-21-17(26-16)27-9-15(23)19-14-7-6-12(22(24)25)8-13(14)18/h2-8H,9H2,1H3,(H,19,23). The Balaban J connectivity index is 1.58. The molecule has 0 aliphatic heterocycles. The summed E-state index contributed by atoms with van der Waals surface area (Å²) in [4.78, 5) is 22.2. The van der Waals surface area contributed by atoms with Crippen LogP contribution < -0.4 is 5.32 Å². The van der Waals surface area contributed by atoms with E-state index in [1.54, 1.807) is 0 Å². The summed E-state index contributed by atoms with van der Waals surface area (Å²) in [6, 6.07) is 11.4. The molecule has 138 valence electrons. The van der Waals surface area contributed by atoms with Gasteiger partial charge in [0.25, 0.3) is 10.9 Å². The number of benzene rings is 2. The van der Waals surface area contributed by atoms with Crippen LogP contribution in [0.5, 0.6) is 0 Å². The van der Waals surface area contributed by atoms with Crippen molar-refractivity contribution in [3.05, 3.63) is 63.2 Å². The molecule has 8 nitrogen and oxygen atoms in total. The third-order valence-corrected chi connectivity index (χ3v) is 4.60. The zero-order valence-electron chi connectivity index (χ0n) is 14.0. The number of rotatable bonds is 6. The van der Waals surface area contributed by atoms with Gasteiger partial charge in [-0.3, -0.25) is 14.9 Å². The Morgan fingerprint density at radius 2 is 2.00 bits per heavy atom. The normalized spacial score (nSPS) is 10.6. The van der Waals surface area contributed by atoms with Crippen molar-refractivity contribution in [2.75, 3.05) is 11.1 Å². The van der Waals surface area contributed by atoms with E-state index in [1.807, 2.05) is 31.2 Å². The number of aromatic nitrogens is 2. The molecular weight excluding hydrogens is 392 g/mol. The monoisotopic (exact) mass is 404 g/mol. The summed E-state index contributed by atoms with van der Waals surface area (Å²) >= 11 is 7.03. The summed E-state index contributed by atoms with van der Waals surface area (Å²) in [5, 5.41) is 21.5. The molecule has 27 heavy (non-hydrogen) atoms. The van der Waals surface area contributed by atoms with E-state index < -0.39 is 4.92 Å². The van der Waals surface area contributed by atoms with Crippen molar-refractivity contribution in [3.8, 4) is 11.5 Å². The van der Waals surface area contributed by atoms with Gasteiger partial charge < -0.3 is 9.73 Å². The van der Waals surface area contributed by atoms with Gasteiger partial charge in [0.1, 0.15) is 0 Å². The number of aryl methyl sites for hydroxylation is 1. The van der Waals surface area contributed by atoms with Crippen LogP contribution in [0, 0.1) is 17.0 Å². The van der Waals surface area contributed by atoms with Crippen LogP contribution in [0.3, 0.4) is 0 Å². The van der Waals surface area contributed by atoms with Gasteiger partial charge in [-0.25, -0.2) is 0 Å². The molecule has 3 aromatic rings. The molecule has 10 heteroatoms. The van der Waals surface area contributed by atoms with Crippen molar-refractivity contribution >= 4 is 40.6 Å². The van der Waals surface area contributed by atoms with Gasteiger partial charge in [0.15, 0.2) is 0 Å². The van der Waals surface area contributed by atoms with E-state index in [9.17, 15) is 14.9 Å². The van der Waals surface area contributed by atoms with Crippen LogP contribution in [0.15, 0.2) is 52.1 Å². The molecule has 1 amide bonds. The Labute approximate surface area is 163 Å². The van der Waals surface area contributed by atoms with Crippen LogP contribution in [-0.2, 0) is 4.79 Å². The van der Waals surface area contributed by atoms with Crippen LogP contribution in [-0.4, -0.2) is 26.8 Å². The summed E-state index contributed by atoms with van der Waals surface area (Å²) in [6.07, 6.45) is 0. The number of nitrogens with one attached hydrogen (secondary N) is 1. The lowest BCUT2D eigenvalue weighted by atomic mass is 10.1. The SMILES string of the molecule is Cc1ccc(-c2nnc(SCC(=O)Nc3ccc([N+](=O)[O-])cc3Cl)o2)cc1. The van der Waals surface area contributed by atoms with Crippen molar-refractivity contribution in [1.82, 2.24) is 10.2 Å². The Kier molecular flexibility index (Phi) is 5.72. The van der Waals surface area contributed by atoms with Gasteiger partial charge >= 0.3 is 0 Å². The molecule has 0 radical (unpaired) electrons. The van der Waals surface area contributed by atoms with E-state index in [4.69, 9.17) is 16.0 Å². The van der Waals surface area contributed by atoms with E-state index in [1.165, 1.54) is 18.2 Å². The number of nitro benzene ring substituents is 1. The first-order valence-corrected chi connectivity index (χ1v) is 9.06. The van der Waals surface area contributed by atoms with Crippen LogP contribution >= 0.6 is 23.4 Å². The Morgan fingerprint density at radius 3 is 2.67 bits per heavy atom. The molecule has 2 aromatic carbocycles. The fraction of sp³-hybridized carbons (Fsp3) is 0.118. The summed E-state index contributed by atoms with van der Waals surface area (Å²) < 4.78 is 5.54. The summed E-state index contributed by atoms with van der Waals surface area (Å²) in [5.74, 6) is 0.0326. The second-order valence-electron chi connectivity index (χ2n) is 5.50. The molecule has 1 N–H and O–H groups in total. The zero-order valence-corrected chi connectivity index (χ0v) is 15.6. The molecule has 0 saturated heterocycles. The van der Waals surface area contributed by atoms with Crippen LogP contribution in [0.4, 0.5) is 11.4 Å². The maximum absolute atomic E-state index is 12.1. The molecule has 0 spiro atoms. The maximum Gasteiger partial charge on any atom is 0.277 e. The number of halogens is 1. The minimum absolute atomic E-state index is 0.0167. The topological polar surface area (TPSA) is 111 Å². The number of carbonyl (C=O) groups excluding carboxylic acids is 1. The molecule has 3 rings (SSSR count).